The molecule has 134 valence electrons. The fraction of sp³-hybridized carbons (Fsp3) is 0.118. The van der Waals surface area contributed by atoms with Crippen LogP contribution in [-0.2, 0) is 0 Å². The largest absolute Gasteiger partial charge is 0.493 e. The zero-order valence-electron chi connectivity index (χ0n) is 13.8. The third-order valence-corrected chi connectivity index (χ3v) is 4.72. The van der Waals surface area contributed by atoms with Gasteiger partial charge >= 0.3 is 5.69 Å². The number of hydrogen-bond acceptors (Lipinski definition) is 6. The number of hydrogen-bond donors (Lipinski definition) is 2. The molecule has 0 unspecified atom stereocenters. The van der Waals surface area contributed by atoms with Crippen LogP contribution in [0.25, 0.3) is 10.6 Å². The van der Waals surface area contributed by atoms with Gasteiger partial charge < -0.3 is 19.8 Å². The number of nitrogens with one attached hydrogen (secondary N) is 2. The topological polar surface area (TPSA) is 93.3 Å². The second kappa shape index (κ2) is 7.59. The molecule has 3 aromatic rings. The maximum Gasteiger partial charge on any atom is 0.346 e. The average molecular weight is 392 g/mol. The highest BCUT2D eigenvalue weighted by atomic mass is 35.5. The minimum absolute atomic E-state index is 0.0111. The minimum atomic E-state index is -0.621. The van der Waals surface area contributed by atoms with Crippen LogP contribution in [-0.4, -0.2) is 30.1 Å². The summed E-state index contributed by atoms with van der Waals surface area (Å²) in [5.74, 6) is 0.488. The quantitative estimate of drug-likeness (QED) is 0.695. The molecule has 0 aliphatic heterocycles. The Balaban J connectivity index is 1.88. The summed E-state index contributed by atoms with van der Waals surface area (Å²) in [6, 6.07) is 9.91. The van der Waals surface area contributed by atoms with Gasteiger partial charge in [0, 0.05) is 11.8 Å². The van der Waals surface area contributed by atoms with Crippen molar-refractivity contribution in [1.29, 1.82) is 0 Å². The van der Waals surface area contributed by atoms with Crippen LogP contribution in [0.2, 0.25) is 4.34 Å². The number of aromatic nitrogens is 2. The Morgan fingerprint density at radius 2 is 1.92 bits per heavy atom. The first-order chi connectivity index (χ1) is 12.5. The standard InChI is InChI=1S/C17H14ClN3O4S/c1-24-12-4-3-9(7-13(12)25-2)19-16(22)11-8-10(20-17(23)21-11)14-5-6-15(18)26-14/h3-8H,1-2H3,(H,19,22)(H,20,21,23). The number of H-pyrrole nitrogens is 1. The average Bonchev–Trinajstić information content (AvgIpc) is 3.07. The molecule has 0 radical (unpaired) electrons. The van der Waals surface area contributed by atoms with Gasteiger partial charge in [-0.1, -0.05) is 11.6 Å². The number of rotatable bonds is 5. The predicted octanol–water partition coefficient (Wildman–Crippen LogP) is 3.42. The molecule has 0 atom stereocenters. The smallest absolute Gasteiger partial charge is 0.346 e. The first kappa shape index (κ1) is 18.0. The zero-order valence-corrected chi connectivity index (χ0v) is 15.4. The number of halogens is 1. The van der Waals surface area contributed by atoms with Crippen molar-refractivity contribution in [3.8, 4) is 22.1 Å². The molecule has 26 heavy (non-hydrogen) atoms. The molecule has 0 spiro atoms. The third-order valence-electron chi connectivity index (χ3n) is 3.46. The second-order valence-electron chi connectivity index (χ2n) is 5.11. The number of anilines is 1. The molecule has 3 rings (SSSR count). The van der Waals surface area contributed by atoms with E-state index in [9.17, 15) is 9.59 Å². The van der Waals surface area contributed by atoms with Crippen LogP contribution in [0.5, 0.6) is 11.5 Å². The van der Waals surface area contributed by atoms with Gasteiger partial charge in [0.1, 0.15) is 5.69 Å². The fourth-order valence-electron chi connectivity index (χ4n) is 2.27. The number of carbonyl (C=O) groups is 1. The van der Waals surface area contributed by atoms with E-state index in [4.69, 9.17) is 21.1 Å². The van der Waals surface area contributed by atoms with Gasteiger partial charge in [-0.05, 0) is 30.3 Å². The maximum atomic E-state index is 12.5. The van der Waals surface area contributed by atoms with Gasteiger partial charge in [0.25, 0.3) is 5.91 Å². The Bertz CT molecular complexity index is 1020. The minimum Gasteiger partial charge on any atom is -0.493 e. The highest BCUT2D eigenvalue weighted by molar-refractivity contribution is 7.19. The second-order valence-corrected chi connectivity index (χ2v) is 6.83. The molecule has 0 aliphatic rings. The van der Waals surface area contributed by atoms with Crippen molar-refractivity contribution in [1.82, 2.24) is 9.97 Å². The number of ether oxygens (including phenoxy) is 2. The molecule has 7 nitrogen and oxygen atoms in total. The third kappa shape index (κ3) is 3.87. The van der Waals surface area contributed by atoms with Crippen molar-refractivity contribution in [2.45, 2.75) is 0 Å². The predicted molar refractivity (Wildman–Crippen MR) is 101 cm³/mol. The Morgan fingerprint density at radius 1 is 1.15 bits per heavy atom. The molecule has 1 amide bonds. The van der Waals surface area contributed by atoms with E-state index in [1.807, 2.05) is 0 Å². The van der Waals surface area contributed by atoms with Gasteiger partial charge in [0.15, 0.2) is 11.5 Å². The van der Waals surface area contributed by atoms with E-state index < -0.39 is 11.6 Å². The summed E-state index contributed by atoms with van der Waals surface area (Å²) in [6.45, 7) is 0. The zero-order chi connectivity index (χ0) is 18.7. The van der Waals surface area contributed by atoms with Gasteiger partial charge in [0.05, 0.1) is 29.1 Å². The molecule has 2 aromatic heterocycles. The first-order valence-electron chi connectivity index (χ1n) is 7.40. The Hall–Kier alpha value is -2.84. The van der Waals surface area contributed by atoms with Crippen molar-refractivity contribution in [3.05, 3.63) is 56.9 Å². The number of carbonyl (C=O) groups excluding carboxylic acids is 1. The van der Waals surface area contributed by atoms with Crippen molar-refractivity contribution in [2.24, 2.45) is 0 Å². The van der Waals surface area contributed by atoms with E-state index in [1.54, 1.807) is 30.3 Å². The SMILES string of the molecule is COc1ccc(NC(=O)c2cc(-c3ccc(Cl)s3)[nH]c(=O)n2)cc1OC. The van der Waals surface area contributed by atoms with Crippen LogP contribution >= 0.6 is 22.9 Å². The van der Waals surface area contributed by atoms with E-state index in [-0.39, 0.29) is 5.69 Å². The lowest BCUT2D eigenvalue weighted by atomic mass is 10.2. The van der Waals surface area contributed by atoms with Crippen LogP contribution in [0.3, 0.4) is 0 Å². The summed E-state index contributed by atoms with van der Waals surface area (Å²) in [4.78, 5) is 31.4. The van der Waals surface area contributed by atoms with E-state index in [1.165, 1.54) is 31.6 Å². The van der Waals surface area contributed by atoms with Gasteiger partial charge in [-0.3, -0.25) is 4.79 Å². The molecule has 0 fully saturated rings. The van der Waals surface area contributed by atoms with Crippen LogP contribution in [0, 0.1) is 0 Å². The lowest BCUT2D eigenvalue weighted by Gasteiger charge is -2.10. The number of thiophene rings is 1. The summed E-state index contributed by atoms with van der Waals surface area (Å²) in [5, 5.41) is 2.68. The molecule has 0 saturated heterocycles. The van der Waals surface area contributed by atoms with Crippen LogP contribution in [0.4, 0.5) is 5.69 Å². The number of amides is 1. The van der Waals surface area contributed by atoms with Crippen molar-refractivity contribution in [2.75, 3.05) is 19.5 Å². The highest BCUT2D eigenvalue weighted by Gasteiger charge is 2.14. The summed E-state index contributed by atoms with van der Waals surface area (Å²) >= 11 is 7.21. The lowest BCUT2D eigenvalue weighted by molar-refractivity contribution is 0.102. The van der Waals surface area contributed by atoms with Crippen LogP contribution in [0.1, 0.15) is 10.5 Å². The molecule has 0 bridgehead atoms. The van der Waals surface area contributed by atoms with Gasteiger partial charge in [0.2, 0.25) is 0 Å². The van der Waals surface area contributed by atoms with Gasteiger partial charge in [-0.15, -0.1) is 11.3 Å². The summed E-state index contributed by atoms with van der Waals surface area (Å²) in [7, 11) is 3.02. The van der Waals surface area contributed by atoms with Crippen molar-refractivity contribution < 1.29 is 14.3 Å². The van der Waals surface area contributed by atoms with Crippen molar-refractivity contribution in [3.63, 3.8) is 0 Å². The fourth-order valence-corrected chi connectivity index (χ4v) is 3.29. The van der Waals surface area contributed by atoms with Crippen LogP contribution < -0.4 is 20.5 Å². The maximum absolute atomic E-state index is 12.5. The number of benzene rings is 1. The van der Waals surface area contributed by atoms with E-state index in [2.05, 4.69) is 15.3 Å². The van der Waals surface area contributed by atoms with E-state index >= 15 is 0 Å². The lowest BCUT2D eigenvalue weighted by Crippen LogP contribution is -2.21. The van der Waals surface area contributed by atoms with Crippen molar-refractivity contribution >= 4 is 34.5 Å². The molecule has 9 heteroatoms. The Morgan fingerprint density at radius 3 is 2.58 bits per heavy atom. The molecule has 0 saturated carbocycles. The number of nitrogens with zero attached hydrogens (tertiary/aromatic N) is 1. The highest BCUT2D eigenvalue weighted by Crippen LogP contribution is 2.31. The summed E-state index contributed by atoms with van der Waals surface area (Å²) < 4.78 is 10.9. The molecule has 2 heterocycles. The Kier molecular flexibility index (Phi) is 5.24. The molecular formula is C17H14ClN3O4S. The molecule has 0 aliphatic carbocycles. The number of aromatic amines is 1. The van der Waals surface area contributed by atoms with E-state index in [0.29, 0.717) is 27.2 Å². The molecule has 2 N–H and O–H groups in total. The normalized spacial score (nSPS) is 10.4. The van der Waals surface area contributed by atoms with Gasteiger partial charge in [-0.25, -0.2) is 4.79 Å². The molecular weight excluding hydrogens is 378 g/mol. The first-order valence-corrected chi connectivity index (χ1v) is 8.60. The molecule has 1 aromatic carbocycles. The number of methoxy groups -OCH3 is 2. The monoisotopic (exact) mass is 391 g/mol. The Labute approximate surface area is 157 Å². The van der Waals surface area contributed by atoms with Crippen LogP contribution in [0.15, 0.2) is 41.2 Å². The van der Waals surface area contributed by atoms with E-state index in [0.717, 1.165) is 4.88 Å². The summed E-state index contributed by atoms with van der Waals surface area (Å²) in [6.07, 6.45) is 0. The summed E-state index contributed by atoms with van der Waals surface area (Å²) in [5.41, 5.74) is 0.322. The van der Waals surface area contributed by atoms with Gasteiger partial charge in [-0.2, -0.15) is 4.98 Å².